The van der Waals surface area contributed by atoms with Crippen LogP contribution in [0.5, 0.6) is 0 Å². The summed E-state index contributed by atoms with van der Waals surface area (Å²) in [6.07, 6.45) is -2.60. The van der Waals surface area contributed by atoms with Crippen LogP contribution in [0, 0.1) is 0 Å². The van der Waals surface area contributed by atoms with Gasteiger partial charge in [0.15, 0.2) is 0 Å². The molecule has 26 heavy (non-hydrogen) atoms. The van der Waals surface area contributed by atoms with Gasteiger partial charge in [0.1, 0.15) is 10.7 Å². The summed E-state index contributed by atoms with van der Waals surface area (Å²) in [5.41, 5.74) is -0.141. The second kappa shape index (κ2) is 9.14. The average Bonchev–Trinajstić information content (AvgIpc) is 3.11. The summed E-state index contributed by atoms with van der Waals surface area (Å²) in [6.45, 7) is 3.49. The SMILES string of the molecule is CCCCN(CCOC)C(=O)c1csc(-c2cccc(C(F)(F)F)c2)n1. The van der Waals surface area contributed by atoms with Crippen molar-refractivity contribution in [2.45, 2.75) is 25.9 Å². The number of ether oxygens (including phenoxy) is 1. The first-order valence-electron chi connectivity index (χ1n) is 8.28. The third-order valence-electron chi connectivity index (χ3n) is 3.79. The van der Waals surface area contributed by atoms with E-state index in [2.05, 4.69) is 4.98 Å². The molecule has 0 aliphatic carbocycles. The molecule has 1 aromatic carbocycles. The van der Waals surface area contributed by atoms with Gasteiger partial charge in [0.05, 0.1) is 12.2 Å². The lowest BCUT2D eigenvalue weighted by atomic mass is 10.1. The zero-order valence-electron chi connectivity index (χ0n) is 14.7. The van der Waals surface area contributed by atoms with Crippen molar-refractivity contribution in [1.82, 2.24) is 9.88 Å². The van der Waals surface area contributed by atoms with Gasteiger partial charge in [0.2, 0.25) is 0 Å². The molecule has 0 aliphatic rings. The van der Waals surface area contributed by atoms with Crippen LogP contribution in [0.2, 0.25) is 0 Å². The fourth-order valence-corrected chi connectivity index (χ4v) is 3.15. The van der Waals surface area contributed by atoms with Crippen molar-refractivity contribution in [2.24, 2.45) is 0 Å². The summed E-state index contributed by atoms with van der Waals surface area (Å²) in [7, 11) is 1.57. The van der Waals surface area contributed by atoms with Gasteiger partial charge < -0.3 is 9.64 Å². The average molecular weight is 386 g/mol. The van der Waals surface area contributed by atoms with Crippen molar-refractivity contribution >= 4 is 17.2 Å². The van der Waals surface area contributed by atoms with E-state index < -0.39 is 11.7 Å². The molecule has 0 radical (unpaired) electrons. The van der Waals surface area contributed by atoms with E-state index in [1.165, 1.54) is 6.07 Å². The number of methoxy groups -OCH3 is 1. The van der Waals surface area contributed by atoms with E-state index in [1.54, 1.807) is 23.5 Å². The van der Waals surface area contributed by atoms with Crippen molar-refractivity contribution in [3.05, 3.63) is 40.9 Å². The van der Waals surface area contributed by atoms with Gasteiger partial charge in [-0.1, -0.05) is 25.5 Å². The Bertz CT molecular complexity index is 723. The lowest BCUT2D eigenvalue weighted by molar-refractivity contribution is -0.137. The Kier molecular flexibility index (Phi) is 7.16. The minimum atomic E-state index is -4.41. The predicted molar refractivity (Wildman–Crippen MR) is 95.2 cm³/mol. The minimum absolute atomic E-state index is 0.232. The minimum Gasteiger partial charge on any atom is -0.383 e. The second-order valence-corrected chi connectivity index (χ2v) is 6.61. The first-order valence-corrected chi connectivity index (χ1v) is 9.16. The summed E-state index contributed by atoms with van der Waals surface area (Å²) in [6, 6.07) is 4.96. The van der Waals surface area contributed by atoms with Crippen molar-refractivity contribution in [3.8, 4) is 10.6 Å². The van der Waals surface area contributed by atoms with Gasteiger partial charge in [0, 0.05) is 31.1 Å². The monoisotopic (exact) mass is 386 g/mol. The fourth-order valence-electron chi connectivity index (χ4n) is 2.36. The summed E-state index contributed by atoms with van der Waals surface area (Å²) in [4.78, 5) is 18.6. The summed E-state index contributed by atoms with van der Waals surface area (Å²) in [5.74, 6) is -0.232. The van der Waals surface area contributed by atoms with Crippen LogP contribution in [0.4, 0.5) is 13.2 Å². The summed E-state index contributed by atoms with van der Waals surface area (Å²) < 4.78 is 43.6. The van der Waals surface area contributed by atoms with Crippen LogP contribution >= 0.6 is 11.3 Å². The van der Waals surface area contributed by atoms with Crippen LogP contribution in [-0.4, -0.2) is 42.6 Å². The number of alkyl halides is 3. The summed E-state index contributed by atoms with van der Waals surface area (Å²) in [5, 5.41) is 1.98. The first kappa shape index (κ1) is 20.4. The Morgan fingerprint density at radius 2 is 2.08 bits per heavy atom. The van der Waals surface area contributed by atoms with Gasteiger partial charge in [-0.15, -0.1) is 11.3 Å². The molecule has 0 fully saturated rings. The number of carbonyl (C=O) groups excluding carboxylic acids is 1. The highest BCUT2D eigenvalue weighted by atomic mass is 32.1. The van der Waals surface area contributed by atoms with Crippen LogP contribution in [-0.2, 0) is 10.9 Å². The van der Waals surface area contributed by atoms with Gasteiger partial charge in [-0.05, 0) is 18.6 Å². The van der Waals surface area contributed by atoms with Crippen molar-refractivity contribution < 1.29 is 22.7 Å². The molecule has 0 spiro atoms. The van der Waals surface area contributed by atoms with Crippen LogP contribution in [0.25, 0.3) is 10.6 Å². The highest BCUT2D eigenvalue weighted by Gasteiger charge is 2.30. The molecule has 0 saturated heterocycles. The second-order valence-electron chi connectivity index (χ2n) is 5.76. The number of nitrogens with zero attached hydrogens (tertiary/aromatic N) is 2. The first-order chi connectivity index (χ1) is 12.4. The lowest BCUT2D eigenvalue weighted by Gasteiger charge is -2.21. The molecular formula is C18H21F3N2O2S. The van der Waals surface area contributed by atoms with Gasteiger partial charge in [-0.25, -0.2) is 4.98 Å². The Balaban J connectivity index is 2.21. The molecule has 8 heteroatoms. The van der Waals surface area contributed by atoms with E-state index in [9.17, 15) is 18.0 Å². The maximum Gasteiger partial charge on any atom is 0.416 e. The zero-order valence-corrected chi connectivity index (χ0v) is 15.5. The van der Waals surface area contributed by atoms with Gasteiger partial charge in [0.25, 0.3) is 5.91 Å². The molecule has 0 saturated carbocycles. The normalized spacial score (nSPS) is 11.6. The molecule has 0 N–H and O–H groups in total. The van der Waals surface area contributed by atoms with Gasteiger partial charge in [-0.3, -0.25) is 4.79 Å². The number of unbranched alkanes of at least 4 members (excludes halogenated alkanes) is 1. The number of amides is 1. The van der Waals surface area contributed by atoms with Gasteiger partial charge in [-0.2, -0.15) is 13.2 Å². The maximum absolute atomic E-state index is 12.9. The highest BCUT2D eigenvalue weighted by Crippen LogP contribution is 2.33. The Morgan fingerprint density at radius 1 is 1.31 bits per heavy atom. The predicted octanol–water partition coefficient (Wildman–Crippen LogP) is 4.72. The third-order valence-corrected chi connectivity index (χ3v) is 4.69. The number of hydrogen-bond acceptors (Lipinski definition) is 4. The number of benzene rings is 1. The third kappa shape index (κ3) is 5.28. The number of rotatable bonds is 8. The molecule has 142 valence electrons. The molecule has 2 aromatic rings. The zero-order chi connectivity index (χ0) is 19.2. The molecule has 0 bridgehead atoms. The maximum atomic E-state index is 12.9. The number of hydrogen-bond donors (Lipinski definition) is 0. The smallest absolute Gasteiger partial charge is 0.383 e. The molecule has 1 heterocycles. The molecule has 1 aromatic heterocycles. The van der Waals surface area contributed by atoms with E-state index >= 15 is 0 Å². The van der Waals surface area contributed by atoms with Crippen molar-refractivity contribution in [2.75, 3.05) is 26.8 Å². The molecule has 0 aliphatic heterocycles. The molecular weight excluding hydrogens is 365 g/mol. The van der Waals surface area contributed by atoms with Crippen LogP contribution in [0.3, 0.4) is 0 Å². The van der Waals surface area contributed by atoms with E-state index in [-0.39, 0.29) is 11.6 Å². The van der Waals surface area contributed by atoms with E-state index in [0.717, 1.165) is 36.3 Å². The molecule has 1 amide bonds. The van der Waals surface area contributed by atoms with E-state index in [1.807, 2.05) is 6.92 Å². The van der Waals surface area contributed by atoms with E-state index in [4.69, 9.17) is 4.74 Å². The Morgan fingerprint density at radius 3 is 2.73 bits per heavy atom. The highest BCUT2D eigenvalue weighted by molar-refractivity contribution is 7.13. The Hall–Kier alpha value is -1.93. The standard InChI is InChI=1S/C18H21F3N2O2S/c1-3-4-8-23(9-10-25-2)17(24)15-12-26-16(22-15)13-6-5-7-14(11-13)18(19,20)21/h5-7,11-12H,3-4,8-10H2,1-2H3. The quantitative estimate of drug-likeness (QED) is 0.659. The fraction of sp³-hybridized carbons (Fsp3) is 0.444. The van der Waals surface area contributed by atoms with Crippen LogP contribution in [0.15, 0.2) is 29.6 Å². The number of aromatic nitrogens is 1. The number of halogens is 3. The van der Waals surface area contributed by atoms with Crippen molar-refractivity contribution in [3.63, 3.8) is 0 Å². The lowest BCUT2D eigenvalue weighted by Crippen LogP contribution is -2.35. The molecule has 4 nitrogen and oxygen atoms in total. The van der Waals surface area contributed by atoms with Gasteiger partial charge >= 0.3 is 6.18 Å². The number of thiazole rings is 1. The van der Waals surface area contributed by atoms with Crippen LogP contribution < -0.4 is 0 Å². The largest absolute Gasteiger partial charge is 0.416 e. The Labute approximate surface area is 154 Å². The van der Waals surface area contributed by atoms with E-state index in [0.29, 0.717) is 30.3 Å². The van der Waals surface area contributed by atoms with Crippen molar-refractivity contribution in [1.29, 1.82) is 0 Å². The molecule has 0 atom stereocenters. The molecule has 0 unspecified atom stereocenters. The molecule has 2 rings (SSSR count). The van der Waals surface area contributed by atoms with Crippen LogP contribution in [0.1, 0.15) is 35.8 Å². The number of carbonyl (C=O) groups is 1. The summed E-state index contributed by atoms with van der Waals surface area (Å²) >= 11 is 1.16. The topological polar surface area (TPSA) is 42.4 Å².